The number of halogens is 3. The molecule has 0 amide bonds. The number of carbonyl (C=O) groups is 1. The molecule has 0 N–H and O–H groups in total. The summed E-state index contributed by atoms with van der Waals surface area (Å²) < 4.78 is 30.8. The molecule has 0 radical (unpaired) electrons. The molecule has 1 heterocycles. The number of aromatic nitrogens is 1. The van der Waals surface area contributed by atoms with Gasteiger partial charge in [-0.15, -0.1) is 0 Å². The monoisotopic (exact) mass is 235 g/mol. The molecule has 1 rings (SSSR count). The van der Waals surface area contributed by atoms with Crippen LogP contribution in [0.4, 0.5) is 8.78 Å². The molecule has 0 atom stereocenters. The Labute approximate surface area is 90.0 Å². The summed E-state index contributed by atoms with van der Waals surface area (Å²) in [5, 5.41) is 0.266. The van der Waals surface area contributed by atoms with Crippen LogP contribution in [0.25, 0.3) is 0 Å². The van der Waals surface area contributed by atoms with Gasteiger partial charge >= 0.3 is 11.9 Å². The Morgan fingerprint density at radius 3 is 2.73 bits per heavy atom. The Kier molecular flexibility index (Phi) is 3.57. The van der Waals surface area contributed by atoms with E-state index in [-0.39, 0.29) is 5.02 Å². The van der Waals surface area contributed by atoms with Gasteiger partial charge in [-0.3, -0.25) is 9.78 Å². The van der Waals surface area contributed by atoms with Gasteiger partial charge in [-0.1, -0.05) is 11.6 Å². The fourth-order valence-corrected chi connectivity index (χ4v) is 0.970. The van der Waals surface area contributed by atoms with Gasteiger partial charge in [0.2, 0.25) is 0 Å². The van der Waals surface area contributed by atoms with Crippen LogP contribution in [0.3, 0.4) is 0 Å². The second kappa shape index (κ2) is 4.53. The number of carbonyl (C=O) groups excluding carboxylic acids is 1. The lowest BCUT2D eigenvalue weighted by molar-refractivity contribution is -0.154. The van der Waals surface area contributed by atoms with Gasteiger partial charge in [0, 0.05) is 13.1 Å². The third kappa shape index (κ3) is 3.43. The van der Waals surface area contributed by atoms with Crippen molar-refractivity contribution in [2.45, 2.75) is 12.8 Å². The van der Waals surface area contributed by atoms with Crippen LogP contribution in [0.5, 0.6) is 0 Å². The first-order chi connectivity index (χ1) is 6.92. The largest absolute Gasteiger partial charge is 0.459 e. The van der Waals surface area contributed by atoms with E-state index in [1.165, 1.54) is 6.07 Å². The van der Waals surface area contributed by atoms with Gasteiger partial charge in [-0.25, -0.2) is 0 Å². The van der Waals surface area contributed by atoms with Gasteiger partial charge in [-0.2, -0.15) is 8.78 Å². The average Bonchev–Trinajstić information content (AvgIpc) is 2.16. The van der Waals surface area contributed by atoms with Crippen LogP contribution < -0.4 is 0 Å². The van der Waals surface area contributed by atoms with Crippen molar-refractivity contribution in [3.05, 3.63) is 29.0 Å². The number of esters is 1. The van der Waals surface area contributed by atoms with Crippen LogP contribution in [0.2, 0.25) is 5.02 Å². The molecule has 0 saturated carbocycles. The van der Waals surface area contributed by atoms with Crippen molar-refractivity contribution in [3.63, 3.8) is 0 Å². The Hall–Kier alpha value is -1.23. The summed E-state index contributed by atoms with van der Waals surface area (Å²) in [6, 6.07) is 2.39. The summed E-state index contributed by atoms with van der Waals surface area (Å²) >= 11 is 5.50. The summed E-state index contributed by atoms with van der Waals surface area (Å²) in [5.41, 5.74) is -0.479. The standard InChI is InChI=1S/C9H8ClF2NO2/c1-6(14)15-5-9(11,12)8-3-2-7(10)4-13-8/h2-4H,5H2,1H3. The molecule has 0 aromatic carbocycles. The number of rotatable bonds is 3. The molecule has 0 bridgehead atoms. The molecular formula is C9H8ClF2NO2. The van der Waals surface area contributed by atoms with Gasteiger partial charge in [-0.05, 0) is 12.1 Å². The van der Waals surface area contributed by atoms with Gasteiger partial charge in [0.25, 0.3) is 0 Å². The highest BCUT2D eigenvalue weighted by molar-refractivity contribution is 6.30. The Balaban J connectivity index is 2.76. The van der Waals surface area contributed by atoms with Gasteiger partial charge in [0.1, 0.15) is 5.69 Å². The quantitative estimate of drug-likeness (QED) is 0.755. The van der Waals surface area contributed by atoms with Crippen LogP contribution in [0, 0.1) is 0 Å². The van der Waals surface area contributed by atoms with E-state index in [2.05, 4.69) is 9.72 Å². The minimum absolute atomic E-state index is 0.266. The lowest BCUT2D eigenvalue weighted by atomic mass is 10.2. The summed E-state index contributed by atoms with van der Waals surface area (Å²) in [6.07, 6.45) is 1.11. The molecule has 0 aliphatic carbocycles. The number of pyridine rings is 1. The number of ether oxygens (including phenoxy) is 1. The van der Waals surface area contributed by atoms with Gasteiger partial charge in [0.15, 0.2) is 6.61 Å². The lowest BCUT2D eigenvalue weighted by Gasteiger charge is -2.14. The Bertz CT molecular complexity index is 354. The molecule has 0 unspecified atom stereocenters. The molecule has 15 heavy (non-hydrogen) atoms. The molecule has 0 aliphatic heterocycles. The SMILES string of the molecule is CC(=O)OCC(F)(F)c1ccc(Cl)cn1. The zero-order chi connectivity index (χ0) is 11.5. The first-order valence-corrected chi connectivity index (χ1v) is 4.43. The van der Waals surface area contributed by atoms with Crippen LogP contribution in [-0.2, 0) is 15.5 Å². The van der Waals surface area contributed by atoms with E-state index in [1.807, 2.05) is 0 Å². The zero-order valence-corrected chi connectivity index (χ0v) is 8.59. The predicted octanol–water partition coefficient (Wildman–Crippen LogP) is 2.39. The van der Waals surface area contributed by atoms with E-state index in [4.69, 9.17) is 11.6 Å². The van der Waals surface area contributed by atoms with Crippen molar-refractivity contribution in [1.82, 2.24) is 4.98 Å². The minimum atomic E-state index is -3.30. The fourth-order valence-electron chi connectivity index (χ4n) is 0.858. The third-order valence-corrected chi connectivity index (χ3v) is 1.78. The Morgan fingerprint density at radius 1 is 1.60 bits per heavy atom. The number of nitrogens with zero attached hydrogens (tertiary/aromatic N) is 1. The normalized spacial score (nSPS) is 11.2. The van der Waals surface area contributed by atoms with E-state index >= 15 is 0 Å². The lowest BCUT2D eigenvalue weighted by Crippen LogP contribution is -2.23. The van der Waals surface area contributed by atoms with Crippen molar-refractivity contribution in [1.29, 1.82) is 0 Å². The molecule has 0 spiro atoms. The van der Waals surface area contributed by atoms with Crippen molar-refractivity contribution in [2.75, 3.05) is 6.61 Å². The van der Waals surface area contributed by atoms with E-state index < -0.39 is 24.2 Å². The van der Waals surface area contributed by atoms with Crippen molar-refractivity contribution < 1.29 is 18.3 Å². The van der Waals surface area contributed by atoms with E-state index in [1.54, 1.807) is 0 Å². The van der Waals surface area contributed by atoms with E-state index in [0.29, 0.717) is 0 Å². The molecule has 1 aromatic rings. The van der Waals surface area contributed by atoms with E-state index in [9.17, 15) is 13.6 Å². The first kappa shape index (κ1) is 11.8. The highest BCUT2D eigenvalue weighted by Crippen LogP contribution is 2.27. The molecular weight excluding hydrogens is 228 g/mol. The van der Waals surface area contributed by atoms with Crippen molar-refractivity contribution >= 4 is 17.6 Å². The number of hydrogen-bond donors (Lipinski definition) is 0. The Morgan fingerprint density at radius 2 is 2.27 bits per heavy atom. The van der Waals surface area contributed by atoms with Crippen molar-refractivity contribution in [2.24, 2.45) is 0 Å². The fraction of sp³-hybridized carbons (Fsp3) is 0.333. The molecule has 3 nitrogen and oxygen atoms in total. The predicted molar refractivity (Wildman–Crippen MR) is 49.8 cm³/mol. The second-order valence-corrected chi connectivity index (χ2v) is 3.28. The smallest absolute Gasteiger partial charge is 0.322 e. The highest BCUT2D eigenvalue weighted by Gasteiger charge is 2.34. The first-order valence-electron chi connectivity index (χ1n) is 4.05. The molecule has 6 heteroatoms. The molecule has 0 saturated heterocycles. The van der Waals surface area contributed by atoms with Crippen LogP contribution in [0.15, 0.2) is 18.3 Å². The van der Waals surface area contributed by atoms with Crippen LogP contribution in [0.1, 0.15) is 12.6 Å². The summed E-state index contributed by atoms with van der Waals surface area (Å²) in [5.74, 6) is -4.06. The van der Waals surface area contributed by atoms with E-state index in [0.717, 1.165) is 19.2 Å². The topological polar surface area (TPSA) is 39.2 Å². The number of hydrogen-bond acceptors (Lipinski definition) is 3. The molecule has 0 aliphatic rings. The van der Waals surface area contributed by atoms with Crippen LogP contribution in [-0.4, -0.2) is 17.6 Å². The van der Waals surface area contributed by atoms with Crippen LogP contribution >= 0.6 is 11.6 Å². The van der Waals surface area contributed by atoms with Gasteiger partial charge < -0.3 is 4.74 Å². The summed E-state index contributed by atoms with van der Waals surface area (Å²) in [6.45, 7) is 0.0440. The minimum Gasteiger partial charge on any atom is -0.459 e. The number of alkyl halides is 2. The second-order valence-electron chi connectivity index (χ2n) is 2.85. The van der Waals surface area contributed by atoms with Gasteiger partial charge in [0.05, 0.1) is 5.02 Å². The molecule has 0 fully saturated rings. The summed E-state index contributed by atoms with van der Waals surface area (Å²) in [4.78, 5) is 13.8. The molecule has 82 valence electrons. The zero-order valence-electron chi connectivity index (χ0n) is 7.84. The average molecular weight is 236 g/mol. The summed E-state index contributed by atoms with van der Waals surface area (Å²) in [7, 11) is 0. The molecule has 1 aromatic heterocycles. The maximum Gasteiger partial charge on any atom is 0.322 e. The van der Waals surface area contributed by atoms with Crippen molar-refractivity contribution in [3.8, 4) is 0 Å². The third-order valence-electron chi connectivity index (χ3n) is 1.56. The maximum absolute atomic E-state index is 13.3. The highest BCUT2D eigenvalue weighted by atomic mass is 35.5. The maximum atomic E-state index is 13.3.